The van der Waals surface area contributed by atoms with Crippen molar-refractivity contribution >= 4 is 5.91 Å². The van der Waals surface area contributed by atoms with Gasteiger partial charge in [0.05, 0.1) is 11.7 Å². The number of rotatable bonds is 5. The summed E-state index contributed by atoms with van der Waals surface area (Å²) in [6.07, 6.45) is 3.71. The number of amides is 1. The lowest BCUT2D eigenvalue weighted by Gasteiger charge is -2.22. The molecule has 3 rings (SSSR count). The first-order valence-corrected chi connectivity index (χ1v) is 8.90. The highest BCUT2D eigenvalue weighted by molar-refractivity contribution is 5.76. The van der Waals surface area contributed by atoms with Gasteiger partial charge in [0.1, 0.15) is 0 Å². The minimum Gasteiger partial charge on any atom is -0.359 e. The first-order valence-electron chi connectivity index (χ1n) is 8.90. The second-order valence-corrected chi connectivity index (χ2v) is 7.73. The van der Waals surface area contributed by atoms with E-state index in [0.717, 1.165) is 30.8 Å². The van der Waals surface area contributed by atoms with Crippen LogP contribution in [0.3, 0.4) is 0 Å². The molecule has 136 valence electrons. The highest BCUT2D eigenvalue weighted by Gasteiger charge is 2.32. The van der Waals surface area contributed by atoms with Crippen LogP contribution >= 0.6 is 0 Å². The Labute approximate surface area is 147 Å². The fraction of sp³-hybridized carbons (Fsp3) is 0.667. The van der Waals surface area contributed by atoms with E-state index in [0.29, 0.717) is 31.0 Å². The summed E-state index contributed by atoms with van der Waals surface area (Å²) in [6.45, 7) is 8.81. The molecule has 1 aliphatic heterocycles. The van der Waals surface area contributed by atoms with E-state index < -0.39 is 0 Å². The largest absolute Gasteiger partial charge is 0.359 e. The molecule has 2 aromatic rings. The number of nitrogens with zero attached hydrogens (tertiary/aromatic N) is 4. The standard InChI is InChI=1S/C18H26N4O3/c1-12-11-14(24-20-12)13-7-6-10-22(13)16(23)9-5-8-15-19-17(21-25-15)18(2,3)4/h11,13H,5-10H2,1-4H3/t13-/m1/s1. The third kappa shape index (κ3) is 4.08. The van der Waals surface area contributed by atoms with Gasteiger partial charge < -0.3 is 13.9 Å². The van der Waals surface area contributed by atoms with Gasteiger partial charge in [-0.05, 0) is 26.2 Å². The molecule has 1 fully saturated rings. The normalized spacial score (nSPS) is 18.1. The van der Waals surface area contributed by atoms with E-state index in [1.165, 1.54) is 0 Å². The molecule has 0 bridgehead atoms. The van der Waals surface area contributed by atoms with E-state index >= 15 is 0 Å². The van der Waals surface area contributed by atoms with Gasteiger partial charge in [0, 0.05) is 30.9 Å². The predicted octanol–water partition coefficient (Wildman–Crippen LogP) is 3.35. The van der Waals surface area contributed by atoms with Gasteiger partial charge in [0.2, 0.25) is 11.8 Å². The zero-order chi connectivity index (χ0) is 18.0. The quantitative estimate of drug-likeness (QED) is 0.825. The number of carbonyl (C=O) groups is 1. The Morgan fingerprint density at radius 1 is 1.32 bits per heavy atom. The Bertz CT molecular complexity index is 729. The summed E-state index contributed by atoms with van der Waals surface area (Å²) in [5, 5.41) is 7.95. The van der Waals surface area contributed by atoms with Crippen LogP contribution in [-0.4, -0.2) is 32.6 Å². The number of hydrogen-bond acceptors (Lipinski definition) is 6. The lowest BCUT2D eigenvalue weighted by molar-refractivity contribution is -0.132. The first-order chi connectivity index (χ1) is 11.8. The summed E-state index contributed by atoms with van der Waals surface area (Å²) < 4.78 is 10.6. The summed E-state index contributed by atoms with van der Waals surface area (Å²) >= 11 is 0. The van der Waals surface area contributed by atoms with Gasteiger partial charge in [-0.1, -0.05) is 31.1 Å². The summed E-state index contributed by atoms with van der Waals surface area (Å²) in [5.74, 6) is 2.23. The van der Waals surface area contributed by atoms with Crippen molar-refractivity contribution in [3.05, 3.63) is 29.2 Å². The van der Waals surface area contributed by atoms with Crippen LogP contribution in [-0.2, 0) is 16.6 Å². The molecule has 0 spiro atoms. The van der Waals surface area contributed by atoms with E-state index in [1.807, 2.05) is 38.7 Å². The Morgan fingerprint density at radius 3 is 2.76 bits per heavy atom. The molecule has 2 aromatic heterocycles. The predicted molar refractivity (Wildman–Crippen MR) is 90.9 cm³/mol. The Morgan fingerprint density at radius 2 is 2.12 bits per heavy atom. The lowest BCUT2D eigenvalue weighted by Crippen LogP contribution is -2.30. The van der Waals surface area contributed by atoms with Gasteiger partial charge in [-0.25, -0.2) is 0 Å². The summed E-state index contributed by atoms with van der Waals surface area (Å²) in [6, 6.07) is 1.94. The van der Waals surface area contributed by atoms with Crippen LogP contribution in [0.25, 0.3) is 0 Å². The van der Waals surface area contributed by atoms with Crippen molar-refractivity contribution in [1.82, 2.24) is 20.2 Å². The average Bonchev–Trinajstić information content (AvgIpc) is 3.25. The van der Waals surface area contributed by atoms with Crippen molar-refractivity contribution in [2.75, 3.05) is 6.54 Å². The third-order valence-corrected chi connectivity index (χ3v) is 4.47. The Kier molecular flexibility index (Phi) is 4.92. The maximum Gasteiger partial charge on any atom is 0.226 e. The van der Waals surface area contributed by atoms with Crippen molar-refractivity contribution in [3.8, 4) is 0 Å². The molecule has 1 amide bonds. The highest BCUT2D eigenvalue weighted by atomic mass is 16.5. The summed E-state index contributed by atoms with van der Waals surface area (Å²) in [4.78, 5) is 18.9. The molecular formula is C18H26N4O3. The molecule has 0 aliphatic carbocycles. The van der Waals surface area contributed by atoms with Crippen molar-refractivity contribution in [3.63, 3.8) is 0 Å². The maximum absolute atomic E-state index is 12.6. The van der Waals surface area contributed by atoms with Gasteiger partial charge >= 0.3 is 0 Å². The summed E-state index contributed by atoms with van der Waals surface area (Å²) in [5.41, 5.74) is 0.718. The summed E-state index contributed by atoms with van der Waals surface area (Å²) in [7, 11) is 0. The van der Waals surface area contributed by atoms with Crippen LogP contribution in [0.1, 0.15) is 75.7 Å². The van der Waals surface area contributed by atoms with Gasteiger partial charge in [0.25, 0.3) is 0 Å². The second kappa shape index (κ2) is 6.98. The molecule has 3 heterocycles. The Balaban J connectivity index is 1.53. The van der Waals surface area contributed by atoms with E-state index in [4.69, 9.17) is 9.05 Å². The molecule has 1 saturated heterocycles. The minimum absolute atomic E-state index is 0.0181. The molecule has 7 heteroatoms. The van der Waals surface area contributed by atoms with Gasteiger partial charge in [-0.2, -0.15) is 4.98 Å². The van der Waals surface area contributed by atoms with E-state index in [1.54, 1.807) is 0 Å². The van der Waals surface area contributed by atoms with Crippen LogP contribution in [0, 0.1) is 6.92 Å². The topological polar surface area (TPSA) is 85.3 Å². The van der Waals surface area contributed by atoms with Gasteiger partial charge in [0.15, 0.2) is 11.6 Å². The van der Waals surface area contributed by atoms with Crippen molar-refractivity contribution in [2.45, 2.75) is 71.3 Å². The van der Waals surface area contributed by atoms with Crippen LogP contribution in [0.15, 0.2) is 15.1 Å². The van der Waals surface area contributed by atoms with Gasteiger partial charge in [-0.15, -0.1) is 0 Å². The maximum atomic E-state index is 12.6. The lowest BCUT2D eigenvalue weighted by atomic mass is 9.96. The molecule has 0 unspecified atom stereocenters. The van der Waals surface area contributed by atoms with Crippen molar-refractivity contribution in [1.29, 1.82) is 0 Å². The van der Waals surface area contributed by atoms with Crippen LogP contribution < -0.4 is 0 Å². The number of hydrogen-bond donors (Lipinski definition) is 0. The number of carbonyl (C=O) groups excluding carboxylic acids is 1. The molecule has 0 saturated carbocycles. The number of aryl methyl sites for hydroxylation is 2. The van der Waals surface area contributed by atoms with E-state index in [-0.39, 0.29) is 17.4 Å². The second-order valence-electron chi connectivity index (χ2n) is 7.73. The Hall–Kier alpha value is -2.18. The monoisotopic (exact) mass is 346 g/mol. The minimum atomic E-state index is -0.129. The number of likely N-dealkylation sites (tertiary alicyclic amines) is 1. The zero-order valence-corrected chi connectivity index (χ0v) is 15.4. The molecule has 25 heavy (non-hydrogen) atoms. The van der Waals surface area contributed by atoms with Gasteiger partial charge in [-0.3, -0.25) is 4.79 Å². The molecule has 7 nitrogen and oxygen atoms in total. The van der Waals surface area contributed by atoms with Crippen molar-refractivity contribution in [2.24, 2.45) is 0 Å². The molecule has 0 N–H and O–H groups in total. The first kappa shape index (κ1) is 17.6. The van der Waals surface area contributed by atoms with E-state index in [2.05, 4.69) is 15.3 Å². The molecule has 0 radical (unpaired) electrons. The van der Waals surface area contributed by atoms with Crippen LogP contribution in [0.4, 0.5) is 0 Å². The van der Waals surface area contributed by atoms with E-state index in [9.17, 15) is 4.79 Å². The highest BCUT2D eigenvalue weighted by Crippen LogP contribution is 2.33. The smallest absolute Gasteiger partial charge is 0.226 e. The molecule has 1 atom stereocenters. The molecule has 1 aliphatic rings. The third-order valence-electron chi connectivity index (χ3n) is 4.47. The van der Waals surface area contributed by atoms with Crippen LogP contribution in [0.2, 0.25) is 0 Å². The number of aromatic nitrogens is 3. The molecular weight excluding hydrogens is 320 g/mol. The van der Waals surface area contributed by atoms with Crippen molar-refractivity contribution < 1.29 is 13.8 Å². The fourth-order valence-corrected chi connectivity index (χ4v) is 3.10. The zero-order valence-electron chi connectivity index (χ0n) is 15.4. The SMILES string of the molecule is Cc1cc([C@H]2CCCN2C(=O)CCCc2nc(C(C)(C)C)no2)on1. The average molecular weight is 346 g/mol. The molecule has 0 aromatic carbocycles. The van der Waals surface area contributed by atoms with Crippen LogP contribution in [0.5, 0.6) is 0 Å². The fourth-order valence-electron chi connectivity index (χ4n) is 3.10.